The molecule has 0 atom stereocenters. The average molecular weight is 352 g/mol. The van der Waals surface area contributed by atoms with Crippen LogP contribution in [-0.4, -0.2) is 22.1 Å². The Hall–Kier alpha value is -2.73. The van der Waals surface area contributed by atoms with Crippen molar-refractivity contribution in [3.63, 3.8) is 0 Å². The number of esters is 1. The lowest BCUT2D eigenvalue weighted by molar-refractivity contribution is 0.0524. The molecule has 0 amide bonds. The van der Waals surface area contributed by atoms with Gasteiger partial charge in [-0.1, -0.05) is 12.1 Å². The molecule has 1 aliphatic rings. The molecule has 0 fully saturated rings. The van der Waals surface area contributed by atoms with Crippen molar-refractivity contribution in [3.05, 3.63) is 63.4 Å². The third-order valence-corrected chi connectivity index (χ3v) is 5.13. The van der Waals surface area contributed by atoms with Crippen molar-refractivity contribution in [2.45, 2.75) is 19.9 Å². The number of hydrogen-bond acceptors (Lipinski definition) is 5. The Morgan fingerprint density at radius 1 is 1.36 bits per heavy atom. The standard InChI is InChI=1S/C19H16N2O3S/c1-2-24-19(23)15-11-21-7-5-12-3-4-13(18-20-6-8-25-18)9-14(12)16(21)10-17(15)22/h3-4,6,8-11H,2,5,7H2,1H3. The van der Waals surface area contributed by atoms with Gasteiger partial charge < -0.3 is 9.30 Å². The lowest BCUT2D eigenvalue weighted by Crippen LogP contribution is -2.23. The van der Waals surface area contributed by atoms with E-state index < -0.39 is 5.97 Å². The lowest BCUT2D eigenvalue weighted by Gasteiger charge is -2.23. The first-order chi connectivity index (χ1) is 12.2. The zero-order chi connectivity index (χ0) is 17.4. The summed E-state index contributed by atoms with van der Waals surface area (Å²) in [5.41, 5.74) is 3.86. The second-order valence-corrected chi connectivity index (χ2v) is 6.70. The second kappa shape index (κ2) is 6.29. The number of aryl methyl sites for hydroxylation is 2. The van der Waals surface area contributed by atoms with E-state index in [2.05, 4.69) is 23.2 Å². The predicted octanol–water partition coefficient (Wildman–Crippen LogP) is 3.37. The molecule has 3 heterocycles. The van der Waals surface area contributed by atoms with Crippen LogP contribution in [0, 0.1) is 0 Å². The fraction of sp³-hybridized carbons (Fsp3) is 0.211. The number of aromatic nitrogens is 2. The van der Waals surface area contributed by atoms with Crippen LogP contribution in [0.3, 0.4) is 0 Å². The van der Waals surface area contributed by atoms with E-state index >= 15 is 0 Å². The predicted molar refractivity (Wildman–Crippen MR) is 96.9 cm³/mol. The Morgan fingerprint density at radius 3 is 3.00 bits per heavy atom. The highest BCUT2D eigenvalue weighted by Gasteiger charge is 2.20. The van der Waals surface area contributed by atoms with Crippen LogP contribution < -0.4 is 5.43 Å². The van der Waals surface area contributed by atoms with Crippen molar-refractivity contribution < 1.29 is 9.53 Å². The van der Waals surface area contributed by atoms with Gasteiger partial charge in [0.05, 0.1) is 12.3 Å². The summed E-state index contributed by atoms with van der Waals surface area (Å²) in [6, 6.07) is 7.77. The second-order valence-electron chi connectivity index (χ2n) is 5.81. The van der Waals surface area contributed by atoms with E-state index in [1.807, 2.05) is 9.95 Å². The zero-order valence-corrected chi connectivity index (χ0v) is 14.5. The largest absolute Gasteiger partial charge is 0.462 e. The van der Waals surface area contributed by atoms with E-state index in [1.165, 1.54) is 11.6 Å². The minimum absolute atomic E-state index is 0.0881. The molecule has 1 aliphatic heterocycles. The molecule has 0 N–H and O–H groups in total. The minimum atomic E-state index is -0.565. The third-order valence-electron chi connectivity index (χ3n) is 4.31. The number of ether oxygens (including phenoxy) is 1. The molecule has 0 saturated heterocycles. The van der Waals surface area contributed by atoms with Crippen molar-refractivity contribution in [1.82, 2.24) is 9.55 Å². The summed E-state index contributed by atoms with van der Waals surface area (Å²) in [6.45, 7) is 2.70. The van der Waals surface area contributed by atoms with Crippen molar-refractivity contribution >= 4 is 17.3 Å². The molecule has 4 rings (SSSR count). The highest BCUT2D eigenvalue weighted by molar-refractivity contribution is 7.13. The number of fused-ring (bicyclic) bond motifs is 3. The van der Waals surface area contributed by atoms with Crippen LogP contribution in [0.25, 0.3) is 21.8 Å². The van der Waals surface area contributed by atoms with Crippen LogP contribution in [0.15, 0.2) is 46.8 Å². The summed E-state index contributed by atoms with van der Waals surface area (Å²) in [5.74, 6) is -0.565. The van der Waals surface area contributed by atoms with Crippen LogP contribution in [0.2, 0.25) is 0 Å². The normalized spacial score (nSPS) is 12.4. The van der Waals surface area contributed by atoms with E-state index in [9.17, 15) is 9.59 Å². The summed E-state index contributed by atoms with van der Waals surface area (Å²) in [5, 5.41) is 2.89. The molecule has 0 spiro atoms. The number of nitrogens with zero attached hydrogens (tertiary/aromatic N) is 2. The molecule has 0 aliphatic carbocycles. The number of rotatable bonds is 3. The van der Waals surface area contributed by atoms with Crippen molar-refractivity contribution in [1.29, 1.82) is 0 Å². The van der Waals surface area contributed by atoms with Gasteiger partial charge in [-0.25, -0.2) is 9.78 Å². The van der Waals surface area contributed by atoms with Gasteiger partial charge in [-0.15, -0.1) is 11.3 Å². The Balaban J connectivity index is 1.83. The Labute approximate surface area is 148 Å². The average Bonchev–Trinajstić information content (AvgIpc) is 3.15. The van der Waals surface area contributed by atoms with Gasteiger partial charge in [0.25, 0.3) is 0 Å². The van der Waals surface area contributed by atoms with E-state index in [1.54, 1.807) is 30.7 Å². The van der Waals surface area contributed by atoms with E-state index in [0.717, 1.165) is 34.8 Å². The zero-order valence-electron chi connectivity index (χ0n) is 13.7. The molecule has 0 saturated carbocycles. The van der Waals surface area contributed by atoms with Crippen molar-refractivity contribution in [3.8, 4) is 21.8 Å². The van der Waals surface area contributed by atoms with E-state index in [-0.39, 0.29) is 17.6 Å². The molecule has 0 bridgehead atoms. The van der Waals surface area contributed by atoms with Gasteiger partial charge in [-0.2, -0.15) is 0 Å². The number of thiazole rings is 1. The maximum atomic E-state index is 12.4. The van der Waals surface area contributed by atoms with Crippen LogP contribution in [-0.2, 0) is 17.7 Å². The fourth-order valence-electron chi connectivity index (χ4n) is 3.13. The van der Waals surface area contributed by atoms with Crippen LogP contribution >= 0.6 is 11.3 Å². The van der Waals surface area contributed by atoms with Gasteiger partial charge >= 0.3 is 5.97 Å². The van der Waals surface area contributed by atoms with Gasteiger partial charge in [-0.05, 0) is 25.0 Å². The van der Waals surface area contributed by atoms with Gasteiger partial charge in [0.1, 0.15) is 10.6 Å². The molecule has 3 aromatic rings. The summed E-state index contributed by atoms with van der Waals surface area (Å²) in [4.78, 5) is 28.7. The van der Waals surface area contributed by atoms with E-state index in [0.29, 0.717) is 0 Å². The maximum Gasteiger partial charge on any atom is 0.343 e. The molecular formula is C19H16N2O3S. The smallest absolute Gasteiger partial charge is 0.343 e. The summed E-state index contributed by atoms with van der Waals surface area (Å²) in [7, 11) is 0. The number of pyridine rings is 1. The molecular weight excluding hydrogens is 336 g/mol. The highest BCUT2D eigenvalue weighted by Crippen LogP contribution is 2.33. The van der Waals surface area contributed by atoms with Gasteiger partial charge in [0.15, 0.2) is 5.43 Å². The van der Waals surface area contributed by atoms with Crippen LogP contribution in [0.1, 0.15) is 22.8 Å². The third kappa shape index (κ3) is 2.78. The Kier molecular flexibility index (Phi) is 3.97. The van der Waals surface area contributed by atoms with Crippen LogP contribution in [0.5, 0.6) is 0 Å². The molecule has 2 aromatic heterocycles. The topological polar surface area (TPSA) is 61.2 Å². The van der Waals surface area contributed by atoms with Crippen molar-refractivity contribution in [2.75, 3.05) is 6.61 Å². The Bertz CT molecular complexity index is 1010. The Morgan fingerprint density at radius 2 is 2.24 bits per heavy atom. The maximum absolute atomic E-state index is 12.4. The number of hydrogen-bond donors (Lipinski definition) is 0. The molecule has 5 nitrogen and oxygen atoms in total. The molecule has 0 unspecified atom stereocenters. The van der Waals surface area contributed by atoms with Gasteiger partial charge in [0.2, 0.25) is 0 Å². The van der Waals surface area contributed by atoms with Gasteiger partial charge in [0, 0.05) is 41.5 Å². The SMILES string of the molecule is CCOC(=O)c1cn2c(cc1=O)-c1cc(-c3nccs3)ccc1CC2. The lowest BCUT2D eigenvalue weighted by atomic mass is 9.95. The number of carbonyl (C=O) groups excluding carboxylic acids is 1. The van der Waals surface area contributed by atoms with Gasteiger partial charge in [-0.3, -0.25) is 4.79 Å². The van der Waals surface area contributed by atoms with E-state index in [4.69, 9.17) is 4.74 Å². The van der Waals surface area contributed by atoms with Crippen LogP contribution in [0.4, 0.5) is 0 Å². The number of carbonyl (C=O) groups is 1. The molecule has 6 heteroatoms. The first-order valence-electron chi connectivity index (χ1n) is 8.12. The highest BCUT2D eigenvalue weighted by atomic mass is 32.1. The number of benzene rings is 1. The molecule has 126 valence electrons. The molecule has 0 radical (unpaired) electrons. The first-order valence-corrected chi connectivity index (χ1v) is 9.00. The minimum Gasteiger partial charge on any atom is -0.462 e. The quantitative estimate of drug-likeness (QED) is 0.678. The fourth-order valence-corrected chi connectivity index (χ4v) is 3.76. The summed E-state index contributed by atoms with van der Waals surface area (Å²) < 4.78 is 6.94. The summed E-state index contributed by atoms with van der Waals surface area (Å²) >= 11 is 1.58. The molecule has 1 aromatic carbocycles. The summed E-state index contributed by atoms with van der Waals surface area (Å²) in [6.07, 6.45) is 4.25. The first kappa shape index (κ1) is 15.8. The monoisotopic (exact) mass is 352 g/mol. The molecule has 25 heavy (non-hydrogen) atoms. The van der Waals surface area contributed by atoms with Crippen molar-refractivity contribution in [2.24, 2.45) is 0 Å².